The average Bonchev–Trinajstić information content (AvgIpc) is 2.77. The van der Waals surface area contributed by atoms with Crippen molar-refractivity contribution in [3.05, 3.63) is 24.2 Å². The Balaban J connectivity index is 2.43. The standard InChI is InChI=1S/C10H13N3O/c1-2-3-8-9(12-13-10(8)11)7-4-5-14-6-7/h4-6H,2-3H2,1H3,(H3,11,12,13). The highest BCUT2D eigenvalue weighted by Crippen LogP contribution is 2.26. The number of aromatic nitrogens is 2. The summed E-state index contributed by atoms with van der Waals surface area (Å²) >= 11 is 0. The summed E-state index contributed by atoms with van der Waals surface area (Å²) in [4.78, 5) is 0. The van der Waals surface area contributed by atoms with Crippen LogP contribution in [0.15, 0.2) is 23.0 Å². The van der Waals surface area contributed by atoms with Crippen molar-refractivity contribution >= 4 is 5.82 Å². The van der Waals surface area contributed by atoms with Gasteiger partial charge in [-0.2, -0.15) is 5.10 Å². The van der Waals surface area contributed by atoms with E-state index in [1.54, 1.807) is 12.5 Å². The molecule has 2 rings (SSSR count). The third kappa shape index (κ3) is 1.39. The second-order valence-corrected chi connectivity index (χ2v) is 3.22. The largest absolute Gasteiger partial charge is 0.472 e. The van der Waals surface area contributed by atoms with Gasteiger partial charge in [0.15, 0.2) is 0 Å². The number of nitrogens with one attached hydrogen (secondary N) is 1. The molecule has 0 bridgehead atoms. The second-order valence-electron chi connectivity index (χ2n) is 3.22. The normalized spacial score (nSPS) is 10.6. The Bertz CT molecular complexity index is 403. The minimum atomic E-state index is 0.586. The van der Waals surface area contributed by atoms with Gasteiger partial charge in [-0.3, -0.25) is 5.10 Å². The SMILES string of the molecule is CCCc1c(N)n[nH]c1-c1ccoc1. The van der Waals surface area contributed by atoms with Gasteiger partial charge < -0.3 is 10.2 Å². The van der Waals surface area contributed by atoms with Crippen molar-refractivity contribution < 1.29 is 4.42 Å². The van der Waals surface area contributed by atoms with E-state index in [0.29, 0.717) is 5.82 Å². The first kappa shape index (κ1) is 8.87. The third-order valence-electron chi connectivity index (χ3n) is 2.21. The van der Waals surface area contributed by atoms with E-state index in [1.165, 1.54) is 0 Å². The number of H-pyrrole nitrogens is 1. The van der Waals surface area contributed by atoms with Crippen molar-refractivity contribution in [2.45, 2.75) is 19.8 Å². The smallest absolute Gasteiger partial charge is 0.149 e. The summed E-state index contributed by atoms with van der Waals surface area (Å²) in [7, 11) is 0. The van der Waals surface area contributed by atoms with Gasteiger partial charge in [-0.25, -0.2) is 0 Å². The van der Waals surface area contributed by atoms with Crippen LogP contribution in [0.4, 0.5) is 5.82 Å². The number of rotatable bonds is 3. The first-order chi connectivity index (χ1) is 6.83. The summed E-state index contributed by atoms with van der Waals surface area (Å²) in [6.45, 7) is 2.12. The summed E-state index contributed by atoms with van der Waals surface area (Å²) in [6.07, 6.45) is 5.31. The number of hydrogen-bond donors (Lipinski definition) is 2. The number of anilines is 1. The molecule has 0 fully saturated rings. The quantitative estimate of drug-likeness (QED) is 0.781. The molecule has 0 aliphatic heterocycles. The Morgan fingerprint density at radius 1 is 1.57 bits per heavy atom. The molecule has 0 aromatic carbocycles. The molecule has 0 aliphatic rings. The number of aromatic amines is 1. The monoisotopic (exact) mass is 191 g/mol. The molecule has 74 valence electrons. The van der Waals surface area contributed by atoms with Crippen LogP contribution in [0.3, 0.4) is 0 Å². The van der Waals surface area contributed by atoms with Crippen molar-refractivity contribution in [1.29, 1.82) is 0 Å². The highest BCUT2D eigenvalue weighted by molar-refractivity contribution is 5.66. The summed E-state index contributed by atoms with van der Waals surface area (Å²) in [5.41, 5.74) is 8.81. The maximum atomic E-state index is 5.76. The lowest BCUT2D eigenvalue weighted by Gasteiger charge is -1.98. The lowest BCUT2D eigenvalue weighted by atomic mass is 10.1. The van der Waals surface area contributed by atoms with E-state index >= 15 is 0 Å². The van der Waals surface area contributed by atoms with Crippen LogP contribution in [-0.4, -0.2) is 10.2 Å². The molecule has 0 atom stereocenters. The number of nitrogens with zero attached hydrogens (tertiary/aromatic N) is 1. The molecule has 2 aromatic rings. The number of furan rings is 1. The van der Waals surface area contributed by atoms with E-state index in [-0.39, 0.29) is 0 Å². The van der Waals surface area contributed by atoms with Gasteiger partial charge in [0.05, 0.1) is 18.2 Å². The fraction of sp³-hybridized carbons (Fsp3) is 0.300. The zero-order chi connectivity index (χ0) is 9.97. The molecule has 0 aliphatic carbocycles. The van der Waals surface area contributed by atoms with Gasteiger partial charge in [0.2, 0.25) is 0 Å². The maximum absolute atomic E-state index is 5.76. The van der Waals surface area contributed by atoms with Crippen molar-refractivity contribution in [3.8, 4) is 11.3 Å². The highest BCUT2D eigenvalue weighted by atomic mass is 16.3. The summed E-state index contributed by atoms with van der Waals surface area (Å²) in [5.74, 6) is 0.586. The fourth-order valence-electron chi connectivity index (χ4n) is 1.53. The molecule has 0 saturated carbocycles. The van der Waals surface area contributed by atoms with E-state index in [1.807, 2.05) is 6.07 Å². The number of hydrogen-bond acceptors (Lipinski definition) is 3. The Kier molecular flexibility index (Phi) is 2.26. The van der Waals surface area contributed by atoms with Crippen LogP contribution in [0.25, 0.3) is 11.3 Å². The zero-order valence-electron chi connectivity index (χ0n) is 8.08. The van der Waals surface area contributed by atoms with Gasteiger partial charge in [-0.15, -0.1) is 0 Å². The van der Waals surface area contributed by atoms with Crippen LogP contribution >= 0.6 is 0 Å². The average molecular weight is 191 g/mol. The van der Waals surface area contributed by atoms with E-state index in [4.69, 9.17) is 10.2 Å². The van der Waals surface area contributed by atoms with Gasteiger partial charge in [-0.05, 0) is 12.5 Å². The third-order valence-corrected chi connectivity index (χ3v) is 2.21. The van der Waals surface area contributed by atoms with Gasteiger partial charge in [0.25, 0.3) is 0 Å². The molecular formula is C10H13N3O. The molecule has 0 unspecified atom stereocenters. The first-order valence-corrected chi connectivity index (χ1v) is 4.68. The van der Waals surface area contributed by atoms with Gasteiger partial charge in [0.1, 0.15) is 5.82 Å². The molecule has 0 radical (unpaired) electrons. The van der Waals surface area contributed by atoms with Gasteiger partial charge in [0, 0.05) is 11.1 Å². The fourth-order valence-corrected chi connectivity index (χ4v) is 1.53. The Morgan fingerprint density at radius 3 is 3.07 bits per heavy atom. The minimum absolute atomic E-state index is 0.586. The lowest BCUT2D eigenvalue weighted by molar-refractivity contribution is 0.568. The van der Waals surface area contributed by atoms with Crippen LogP contribution in [0.5, 0.6) is 0 Å². The second kappa shape index (κ2) is 3.57. The predicted octanol–water partition coefficient (Wildman–Crippen LogP) is 2.20. The van der Waals surface area contributed by atoms with Crippen LogP contribution in [0.1, 0.15) is 18.9 Å². The van der Waals surface area contributed by atoms with E-state index in [0.717, 1.165) is 29.7 Å². The maximum Gasteiger partial charge on any atom is 0.149 e. The van der Waals surface area contributed by atoms with Gasteiger partial charge >= 0.3 is 0 Å². The molecule has 0 amide bonds. The molecule has 0 spiro atoms. The molecule has 0 saturated heterocycles. The Morgan fingerprint density at radius 2 is 2.43 bits per heavy atom. The van der Waals surface area contributed by atoms with E-state index < -0.39 is 0 Å². The topological polar surface area (TPSA) is 67.8 Å². The van der Waals surface area contributed by atoms with Crippen LogP contribution < -0.4 is 5.73 Å². The summed E-state index contributed by atoms with van der Waals surface area (Å²) in [6, 6.07) is 1.89. The molecule has 4 heteroatoms. The summed E-state index contributed by atoms with van der Waals surface area (Å²) in [5, 5.41) is 6.93. The Hall–Kier alpha value is -1.71. The molecular weight excluding hydrogens is 178 g/mol. The van der Waals surface area contributed by atoms with Crippen LogP contribution in [-0.2, 0) is 6.42 Å². The lowest BCUT2D eigenvalue weighted by Crippen LogP contribution is -1.92. The minimum Gasteiger partial charge on any atom is -0.472 e. The molecule has 2 heterocycles. The highest BCUT2D eigenvalue weighted by Gasteiger charge is 2.11. The van der Waals surface area contributed by atoms with Crippen LogP contribution in [0.2, 0.25) is 0 Å². The zero-order valence-corrected chi connectivity index (χ0v) is 8.08. The molecule has 3 N–H and O–H groups in total. The van der Waals surface area contributed by atoms with Crippen molar-refractivity contribution in [2.75, 3.05) is 5.73 Å². The van der Waals surface area contributed by atoms with Crippen molar-refractivity contribution in [1.82, 2.24) is 10.2 Å². The van der Waals surface area contributed by atoms with Crippen molar-refractivity contribution in [2.24, 2.45) is 0 Å². The molecule has 4 nitrogen and oxygen atoms in total. The van der Waals surface area contributed by atoms with E-state index in [2.05, 4.69) is 17.1 Å². The van der Waals surface area contributed by atoms with Crippen molar-refractivity contribution in [3.63, 3.8) is 0 Å². The number of nitrogen functional groups attached to an aromatic ring is 1. The molecule has 14 heavy (non-hydrogen) atoms. The summed E-state index contributed by atoms with van der Waals surface area (Å²) < 4.78 is 5.02. The molecule has 2 aromatic heterocycles. The number of nitrogens with two attached hydrogens (primary N) is 1. The Labute approximate surface area is 82.1 Å². The first-order valence-electron chi connectivity index (χ1n) is 4.68. The van der Waals surface area contributed by atoms with Crippen LogP contribution in [0, 0.1) is 0 Å². The predicted molar refractivity (Wildman–Crippen MR) is 54.7 cm³/mol. The van der Waals surface area contributed by atoms with E-state index in [9.17, 15) is 0 Å². The van der Waals surface area contributed by atoms with Gasteiger partial charge in [-0.1, -0.05) is 13.3 Å².